The third-order valence-corrected chi connectivity index (χ3v) is 5.62. The van der Waals surface area contributed by atoms with Crippen molar-refractivity contribution in [3.05, 3.63) is 28.8 Å². The fraction of sp³-hybridized carbons (Fsp3) is 0.333. The van der Waals surface area contributed by atoms with Gasteiger partial charge >= 0.3 is 0 Å². The Morgan fingerprint density at radius 1 is 1.38 bits per heavy atom. The van der Waals surface area contributed by atoms with Crippen LogP contribution in [0.4, 0.5) is 5.82 Å². The number of hydrogen-bond donors (Lipinski definition) is 2. The van der Waals surface area contributed by atoms with Gasteiger partial charge in [-0.15, -0.1) is 11.3 Å². The van der Waals surface area contributed by atoms with E-state index in [1.165, 1.54) is 13.0 Å². The van der Waals surface area contributed by atoms with Crippen molar-refractivity contribution in [2.24, 2.45) is 0 Å². The average molecular weight is 329 g/mol. The second kappa shape index (κ2) is 5.96. The van der Waals surface area contributed by atoms with Crippen molar-refractivity contribution in [3.8, 4) is 0 Å². The second-order valence-electron chi connectivity index (χ2n) is 4.52. The number of nitrogens with zero attached hydrogens (tertiary/aromatic N) is 1. The van der Waals surface area contributed by atoms with Gasteiger partial charge in [0.15, 0.2) is 5.82 Å². The first kappa shape index (κ1) is 15.7. The molecule has 0 saturated carbocycles. The van der Waals surface area contributed by atoms with E-state index in [0.717, 1.165) is 16.2 Å². The summed E-state index contributed by atoms with van der Waals surface area (Å²) in [6.07, 6.45) is 0. The average Bonchev–Trinajstić information content (AvgIpc) is 2.98. The molecule has 21 heavy (non-hydrogen) atoms. The third-order valence-electron chi connectivity index (χ3n) is 2.59. The Kier molecular flexibility index (Phi) is 4.45. The van der Waals surface area contributed by atoms with Gasteiger partial charge in [0.05, 0.1) is 6.04 Å². The quantitative estimate of drug-likeness (QED) is 0.868. The van der Waals surface area contributed by atoms with Gasteiger partial charge in [-0.05, 0) is 32.9 Å². The minimum Gasteiger partial charge on any atom is -0.360 e. The fourth-order valence-corrected chi connectivity index (χ4v) is 4.06. The fourth-order valence-electron chi connectivity index (χ4n) is 1.56. The summed E-state index contributed by atoms with van der Waals surface area (Å²) in [7, 11) is -3.71. The lowest BCUT2D eigenvalue weighted by molar-refractivity contribution is -0.117. The van der Waals surface area contributed by atoms with E-state index in [1.807, 2.05) is 6.92 Å². The summed E-state index contributed by atoms with van der Waals surface area (Å²) in [6, 6.07) is 3.83. The Morgan fingerprint density at radius 2 is 2.10 bits per heavy atom. The zero-order chi connectivity index (χ0) is 15.6. The van der Waals surface area contributed by atoms with Crippen LogP contribution in [0.3, 0.4) is 0 Å². The van der Waals surface area contributed by atoms with Crippen LogP contribution in [0.2, 0.25) is 0 Å². The van der Waals surface area contributed by atoms with E-state index >= 15 is 0 Å². The number of sulfonamides is 1. The van der Waals surface area contributed by atoms with E-state index in [0.29, 0.717) is 5.76 Å². The first-order valence-corrected chi connectivity index (χ1v) is 8.41. The maximum atomic E-state index is 12.1. The van der Waals surface area contributed by atoms with Crippen LogP contribution < -0.4 is 10.0 Å². The van der Waals surface area contributed by atoms with Gasteiger partial charge in [0.1, 0.15) is 9.97 Å². The van der Waals surface area contributed by atoms with Crippen molar-refractivity contribution >= 4 is 33.1 Å². The predicted octanol–water partition coefficient (Wildman–Crippen LogP) is 1.66. The van der Waals surface area contributed by atoms with E-state index in [-0.39, 0.29) is 10.0 Å². The van der Waals surface area contributed by atoms with E-state index in [2.05, 4.69) is 15.2 Å². The van der Waals surface area contributed by atoms with Crippen LogP contribution in [0.15, 0.2) is 26.9 Å². The largest absolute Gasteiger partial charge is 0.360 e. The first-order chi connectivity index (χ1) is 9.78. The number of hydrogen-bond acceptors (Lipinski definition) is 6. The van der Waals surface area contributed by atoms with Crippen molar-refractivity contribution < 1.29 is 17.7 Å². The van der Waals surface area contributed by atoms with Crippen molar-refractivity contribution in [1.29, 1.82) is 0 Å². The van der Waals surface area contributed by atoms with Gasteiger partial charge in [0.25, 0.3) is 10.0 Å². The molecule has 7 nitrogen and oxygen atoms in total. The van der Waals surface area contributed by atoms with Crippen molar-refractivity contribution in [1.82, 2.24) is 9.88 Å². The summed E-state index contributed by atoms with van der Waals surface area (Å²) in [6.45, 7) is 4.96. The van der Waals surface area contributed by atoms with Crippen LogP contribution in [0.5, 0.6) is 0 Å². The molecule has 0 aromatic carbocycles. The molecule has 1 amide bonds. The van der Waals surface area contributed by atoms with Crippen LogP contribution >= 0.6 is 11.3 Å². The zero-order valence-electron chi connectivity index (χ0n) is 11.7. The molecule has 0 unspecified atom stereocenters. The molecule has 2 aromatic heterocycles. The van der Waals surface area contributed by atoms with Gasteiger partial charge in [-0.2, -0.15) is 4.72 Å². The molecule has 114 valence electrons. The molecular formula is C12H15N3O4S2. The summed E-state index contributed by atoms with van der Waals surface area (Å²) in [5.74, 6) is 0.281. The first-order valence-electron chi connectivity index (χ1n) is 6.11. The van der Waals surface area contributed by atoms with Gasteiger partial charge in [-0.1, -0.05) is 5.16 Å². The highest BCUT2D eigenvalue weighted by Crippen LogP contribution is 2.20. The Bertz CT molecular complexity index is 748. The summed E-state index contributed by atoms with van der Waals surface area (Å²) < 4.78 is 31.5. The maximum Gasteiger partial charge on any atom is 0.250 e. The molecule has 9 heteroatoms. The second-order valence-corrected chi connectivity index (χ2v) is 7.75. The molecule has 0 aliphatic rings. The van der Waals surface area contributed by atoms with E-state index in [4.69, 9.17) is 4.52 Å². The Morgan fingerprint density at radius 3 is 2.62 bits per heavy atom. The minimum atomic E-state index is -3.71. The van der Waals surface area contributed by atoms with Gasteiger partial charge < -0.3 is 9.84 Å². The highest BCUT2D eigenvalue weighted by molar-refractivity contribution is 7.91. The lowest BCUT2D eigenvalue weighted by Crippen LogP contribution is -2.41. The van der Waals surface area contributed by atoms with Gasteiger partial charge in [0, 0.05) is 10.9 Å². The van der Waals surface area contributed by atoms with Crippen molar-refractivity contribution in [2.75, 3.05) is 5.32 Å². The lowest BCUT2D eigenvalue weighted by Gasteiger charge is -2.12. The van der Waals surface area contributed by atoms with Gasteiger partial charge in [-0.25, -0.2) is 8.42 Å². The molecule has 2 N–H and O–H groups in total. The molecule has 2 aromatic rings. The maximum absolute atomic E-state index is 12.1. The molecule has 2 heterocycles. The lowest BCUT2D eigenvalue weighted by atomic mass is 10.3. The molecule has 0 aliphatic heterocycles. The number of aryl methyl sites for hydroxylation is 2. The van der Waals surface area contributed by atoms with Crippen molar-refractivity contribution in [2.45, 2.75) is 31.0 Å². The summed E-state index contributed by atoms with van der Waals surface area (Å²) in [5.41, 5.74) is 0. The molecule has 0 saturated heterocycles. The smallest absolute Gasteiger partial charge is 0.250 e. The SMILES string of the molecule is Cc1cc(NC(=O)[C@H](C)NS(=O)(=O)c2ccc(C)s2)no1. The summed E-state index contributed by atoms with van der Waals surface area (Å²) in [5, 5.41) is 6.09. The predicted molar refractivity (Wildman–Crippen MR) is 78.7 cm³/mol. The molecule has 1 atom stereocenters. The highest BCUT2D eigenvalue weighted by Gasteiger charge is 2.23. The monoisotopic (exact) mass is 329 g/mol. The summed E-state index contributed by atoms with van der Waals surface area (Å²) in [4.78, 5) is 12.8. The van der Waals surface area contributed by atoms with E-state index in [1.54, 1.807) is 19.1 Å². The normalized spacial score (nSPS) is 13.1. The van der Waals surface area contributed by atoms with Gasteiger partial charge in [0.2, 0.25) is 5.91 Å². The Labute approximate surface area is 126 Å². The molecule has 0 radical (unpaired) electrons. The standard InChI is InChI=1S/C12H15N3O4S2/c1-7-6-10(14-19-7)13-12(16)9(3)15-21(17,18)11-5-4-8(2)20-11/h4-6,9,15H,1-3H3,(H,13,14,16)/t9-/m0/s1. The number of rotatable bonds is 5. The van der Waals surface area contributed by atoms with Crippen LogP contribution in [-0.2, 0) is 14.8 Å². The van der Waals surface area contributed by atoms with E-state index < -0.39 is 22.0 Å². The number of thiophene rings is 1. The minimum absolute atomic E-state index is 0.178. The van der Waals surface area contributed by atoms with Crippen molar-refractivity contribution in [3.63, 3.8) is 0 Å². The molecule has 0 aliphatic carbocycles. The number of aromatic nitrogens is 1. The van der Waals surface area contributed by atoms with Crippen LogP contribution in [0.25, 0.3) is 0 Å². The molecular weight excluding hydrogens is 314 g/mol. The van der Waals surface area contributed by atoms with Gasteiger partial charge in [-0.3, -0.25) is 4.79 Å². The van der Waals surface area contributed by atoms with E-state index in [9.17, 15) is 13.2 Å². The molecule has 0 bridgehead atoms. The molecule has 2 rings (SSSR count). The third kappa shape index (κ3) is 3.90. The number of anilines is 1. The van der Waals surface area contributed by atoms with Crippen LogP contribution in [0, 0.1) is 13.8 Å². The number of nitrogens with one attached hydrogen (secondary N) is 2. The topological polar surface area (TPSA) is 101 Å². The number of amides is 1. The Hall–Kier alpha value is -1.71. The highest BCUT2D eigenvalue weighted by atomic mass is 32.2. The molecule has 0 spiro atoms. The zero-order valence-corrected chi connectivity index (χ0v) is 13.3. The molecule has 0 fully saturated rings. The van der Waals surface area contributed by atoms with Crippen LogP contribution in [0.1, 0.15) is 17.6 Å². The Balaban J connectivity index is 2.03. The van der Waals surface area contributed by atoms with Crippen LogP contribution in [-0.4, -0.2) is 25.5 Å². The number of carbonyl (C=O) groups is 1. The summed E-state index contributed by atoms with van der Waals surface area (Å²) >= 11 is 1.15. The number of carbonyl (C=O) groups excluding carboxylic acids is 1.